The van der Waals surface area contributed by atoms with Gasteiger partial charge >= 0.3 is 0 Å². The normalized spacial score (nSPS) is 12.6. The molecular formula is C14H9BrO2. The Balaban J connectivity index is 2.30. The van der Waals surface area contributed by atoms with Gasteiger partial charge in [0.15, 0.2) is 0 Å². The van der Waals surface area contributed by atoms with Crippen LogP contribution < -0.4 is 4.74 Å². The molecule has 0 unspecified atom stereocenters. The molecule has 0 aromatic heterocycles. The first-order chi connectivity index (χ1) is 8.15. The van der Waals surface area contributed by atoms with Crippen molar-refractivity contribution in [2.45, 2.75) is 0 Å². The molecule has 0 radical (unpaired) electrons. The molecule has 3 rings (SSSR count). The van der Waals surface area contributed by atoms with Gasteiger partial charge in [0.05, 0.1) is 0 Å². The third kappa shape index (κ3) is 1.63. The molecule has 0 saturated heterocycles. The SMILES string of the molecule is C=C1Oc2cc(Br)ccc2-c2ccc(O)cc21. The standard InChI is InChI=1S/C14H9BrO2/c1-8-13-7-10(16)3-5-11(13)12-4-2-9(15)6-14(12)17-8/h2-7,16H,1H2. The molecule has 2 nitrogen and oxygen atoms in total. The van der Waals surface area contributed by atoms with Gasteiger partial charge in [0.25, 0.3) is 0 Å². The molecule has 0 bridgehead atoms. The second-order valence-corrected chi connectivity index (χ2v) is 4.81. The summed E-state index contributed by atoms with van der Waals surface area (Å²) >= 11 is 3.41. The fraction of sp³-hybridized carbons (Fsp3) is 0. The molecule has 0 saturated carbocycles. The fourth-order valence-corrected chi connectivity index (χ4v) is 2.33. The highest BCUT2D eigenvalue weighted by molar-refractivity contribution is 9.10. The van der Waals surface area contributed by atoms with Crippen molar-refractivity contribution in [2.75, 3.05) is 0 Å². The number of phenols is 1. The van der Waals surface area contributed by atoms with Crippen LogP contribution in [0.1, 0.15) is 5.56 Å². The molecule has 1 aliphatic heterocycles. The molecule has 1 N–H and O–H groups in total. The summed E-state index contributed by atoms with van der Waals surface area (Å²) in [6.45, 7) is 3.88. The maximum absolute atomic E-state index is 9.49. The summed E-state index contributed by atoms with van der Waals surface area (Å²) in [7, 11) is 0. The van der Waals surface area contributed by atoms with Gasteiger partial charge in [0.1, 0.15) is 17.3 Å². The van der Waals surface area contributed by atoms with Crippen LogP contribution in [0.4, 0.5) is 0 Å². The predicted octanol–water partition coefficient (Wildman–Crippen LogP) is 4.18. The lowest BCUT2D eigenvalue weighted by Crippen LogP contribution is -2.03. The lowest BCUT2D eigenvalue weighted by Gasteiger charge is -2.22. The first-order valence-corrected chi connectivity index (χ1v) is 5.94. The third-order valence-corrected chi connectivity index (χ3v) is 3.26. The Morgan fingerprint density at radius 2 is 1.76 bits per heavy atom. The van der Waals surface area contributed by atoms with Crippen LogP contribution in [0, 0.1) is 0 Å². The zero-order valence-electron chi connectivity index (χ0n) is 8.90. The maximum Gasteiger partial charge on any atom is 0.136 e. The first-order valence-electron chi connectivity index (χ1n) is 5.15. The van der Waals surface area contributed by atoms with Crippen molar-refractivity contribution in [3.05, 3.63) is 53.0 Å². The van der Waals surface area contributed by atoms with E-state index in [2.05, 4.69) is 22.5 Å². The van der Waals surface area contributed by atoms with Gasteiger partial charge in [-0.3, -0.25) is 0 Å². The van der Waals surface area contributed by atoms with Crippen molar-refractivity contribution in [3.8, 4) is 22.6 Å². The lowest BCUT2D eigenvalue weighted by molar-refractivity contribution is 0.472. The summed E-state index contributed by atoms with van der Waals surface area (Å²) in [6, 6.07) is 11.1. The zero-order valence-corrected chi connectivity index (χ0v) is 10.5. The van der Waals surface area contributed by atoms with Crippen molar-refractivity contribution < 1.29 is 9.84 Å². The highest BCUT2D eigenvalue weighted by Gasteiger charge is 2.20. The van der Waals surface area contributed by atoms with Crippen molar-refractivity contribution in [2.24, 2.45) is 0 Å². The summed E-state index contributed by atoms with van der Waals surface area (Å²) < 4.78 is 6.62. The van der Waals surface area contributed by atoms with Crippen molar-refractivity contribution >= 4 is 21.7 Å². The predicted molar refractivity (Wildman–Crippen MR) is 70.9 cm³/mol. The molecule has 2 aromatic carbocycles. The largest absolute Gasteiger partial charge is 0.508 e. The molecule has 1 heterocycles. The fourth-order valence-electron chi connectivity index (χ4n) is 1.99. The molecule has 2 aromatic rings. The Morgan fingerprint density at radius 1 is 1.00 bits per heavy atom. The Kier molecular flexibility index (Phi) is 2.23. The van der Waals surface area contributed by atoms with E-state index in [0.29, 0.717) is 5.76 Å². The van der Waals surface area contributed by atoms with Gasteiger partial charge in [-0.1, -0.05) is 22.5 Å². The van der Waals surface area contributed by atoms with E-state index in [1.54, 1.807) is 12.1 Å². The second kappa shape index (κ2) is 3.64. The number of phenolic OH excluding ortho intramolecular Hbond substituents is 1. The van der Waals surface area contributed by atoms with Gasteiger partial charge < -0.3 is 9.84 Å². The minimum Gasteiger partial charge on any atom is -0.508 e. The first kappa shape index (κ1) is 10.4. The third-order valence-electron chi connectivity index (χ3n) is 2.77. The number of halogens is 1. The van der Waals surface area contributed by atoms with E-state index in [0.717, 1.165) is 26.9 Å². The van der Waals surface area contributed by atoms with E-state index in [9.17, 15) is 5.11 Å². The van der Waals surface area contributed by atoms with Gasteiger partial charge in [-0.25, -0.2) is 0 Å². The number of aromatic hydroxyl groups is 1. The Labute approximate surface area is 107 Å². The lowest BCUT2D eigenvalue weighted by atomic mass is 9.95. The van der Waals surface area contributed by atoms with Crippen LogP contribution in [-0.2, 0) is 0 Å². The molecular weight excluding hydrogens is 280 g/mol. The molecule has 0 atom stereocenters. The molecule has 84 valence electrons. The van der Waals surface area contributed by atoms with Crippen LogP contribution in [-0.4, -0.2) is 5.11 Å². The number of hydrogen-bond acceptors (Lipinski definition) is 2. The van der Waals surface area contributed by atoms with E-state index in [1.165, 1.54) is 0 Å². The number of ether oxygens (including phenoxy) is 1. The monoisotopic (exact) mass is 288 g/mol. The van der Waals surface area contributed by atoms with Crippen molar-refractivity contribution in [1.29, 1.82) is 0 Å². The van der Waals surface area contributed by atoms with Gasteiger partial charge in [0, 0.05) is 15.6 Å². The van der Waals surface area contributed by atoms with E-state index in [4.69, 9.17) is 4.74 Å². The zero-order chi connectivity index (χ0) is 12.0. The minimum absolute atomic E-state index is 0.217. The minimum atomic E-state index is 0.217. The Bertz CT molecular complexity index is 632. The Morgan fingerprint density at radius 3 is 2.59 bits per heavy atom. The number of benzene rings is 2. The summed E-state index contributed by atoms with van der Waals surface area (Å²) in [5.41, 5.74) is 2.87. The highest BCUT2D eigenvalue weighted by Crippen LogP contribution is 2.43. The Hall–Kier alpha value is -1.74. The molecule has 0 spiro atoms. The van der Waals surface area contributed by atoms with Crippen LogP contribution >= 0.6 is 15.9 Å². The molecule has 0 aliphatic carbocycles. The molecule has 17 heavy (non-hydrogen) atoms. The van der Waals surface area contributed by atoms with E-state index in [1.807, 2.05) is 24.3 Å². The summed E-state index contributed by atoms with van der Waals surface area (Å²) in [6.07, 6.45) is 0. The summed E-state index contributed by atoms with van der Waals surface area (Å²) in [5, 5.41) is 9.49. The van der Waals surface area contributed by atoms with Crippen LogP contribution in [0.15, 0.2) is 47.4 Å². The van der Waals surface area contributed by atoms with Crippen LogP contribution in [0.2, 0.25) is 0 Å². The highest BCUT2D eigenvalue weighted by atomic mass is 79.9. The van der Waals surface area contributed by atoms with E-state index in [-0.39, 0.29) is 5.75 Å². The topological polar surface area (TPSA) is 29.5 Å². The van der Waals surface area contributed by atoms with Gasteiger partial charge in [0.2, 0.25) is 0 Å². The summed E-state index contributed by atoms with van der Waals surface area (Å²) in [5.74, 6) is 1.55. The van der Waals surface area contributed by atoms with Gasteiger partial charge in [-0.05, 0) is 42.0 Å². The van der Waals surface area contributed by atoms with Crippen LogP contribution in [0.5, 0.6) is 11.5 Å². The quantitative estimate of drug-likeness (QED) is 0.788. The number of fused-ring (bicyclic) bond motifs is 3. The average Bonchev–Trinajstić information content (AvgIpc) is 2.29. The summed E-state index contributed by atoms with van der Waals surface area (Å²) in [4.78, 5) is 0. The number of rotatable bonds is 0. The van der Waals surface area contributed by atoms with E-state index >= 15 is 0 Å². The van der Waals surface area contributed by atoms with Gasteiger partial charge in [-0.2, -0.15) is 0 Å². The molecule has 3 heteroatoms. The molecule has 0 amide bonds. The average molecular weight is 289 g/mol. The van der Waals surface area contributed by atoms with Crippen molar-refractivity contribution in [3.63, 3.8) is 0 Å². The van der Waals surface area contributed by atoms with Gasteiger partial charge in [-0.15, -0.1) is 0 Å². The second-order valence-electron chi connectivity index (χ2n) is 3.90. The van der Waals surface area contributed by atoms with Crippen LogP contribution in [0.25, 0.3) is 16.9 Å². The molecule has 1 aliphatic rings. The van der Waals surface area contributed by atoms with Crippen molar-refractivity contribution in [1.82, 2.24) is 0 Å². The maximum atomic E-state index is 9.49. The van der Waals surface area contributed by atoms with E-state index < -0.39 is 0 Å². The molecule has 0 fully saturated rings. The number of hydrogen-bond donors (Lipinski definition) is 1. The smallest absolute Gasteiger partial charge is 0.136 e. The van der Waals surface area contributed by atoms with Crippen LogP contribution in [0.3, 0.4) is 0 Å².